The predicted molar refractivity (Wildman–Crippen MR) is 178 cm³/mol. The molecule has 2 atom stereocenters. The van der Waals surface area contributed by atoms with E-state index in [4.69, 9.17) is 24.4 Å². The SMILES string of the molecule is c1cc(C2=N[C@H](c3cc4ccccc4c4ccccc34)CO2)nc(C2=N[C@H](c3cc4ccccc4c4ccccc34)CO2)c1. The summed E-state index contributed by atoms with van der Waals surface area (Å²) in [5.41, 5.74) is 3.70. The number of pyridine rings is 1. The van der Waals surface area contributed by atoms with Gasteiger partial charge in [0.05, 0.1) is 0 Å². The summed E-state index contributed by atoms with van der Waals surface area (Å²) < 4.78 is 12.3. The highest BCUT2D eigenvalue weighted by molar-refractivity contribution is 6.10. The molecule has 2 aliphatic heterocycles. The van der Waals surface area contributed by atoms with Crippen molar-refractivity contribution in [3.63, 3.8) is 0 Å². The molecule has 5 heteroatoms. The average molecular weight is 570 g/mol. The third kappa shape index (κ3) is 4.04. The largest absolute Gasteiger partial charge is 0.474 e. The Balaban J connectivity index is 1.06. The highest BCUT2D eigenvalue weighted by Gasteiger charge is 2.28. The van der Waals surface area contributed by atoms with Gasteiger partial charge in [-0.3, -0.25) is 0 Å². The monoisotopic (exact) mass is 569 g/mol. The van der Waals surface area contributed by atoms with Gasteiger partial charge in [-0.25, -0.2) is 15.0 Å². The van der Waals surface area contributed by atoms with Gasteiger partial charge in [-0.15, -0.1) is 0 Å². The van der Waals surface area contributed by atoms with Gasteiger partial charge in [0.1, 0.15) is 36.7 Å². The van der Waals surface area contributed by atoms with E-state index in [0.717, 1.165) is 0 Å². The van der Waals surface area contributed by atoms with E-state index in [9.17, 15) is 0 Å². The zero-order chi connectivity index (χ0) is 29.0. The second-order valence-corrected chi connectivity index (χ2v) is 11.4. The molecule has 5 nitrogen and oxygen atoms in total. The molecule has 0 radical (unpaired) electrons. The molecule has 210 valence electrons. The van der Waals surface area contributed by atoms with Crippen LogP contribution in [0.4, 0.5) is 0 Å². The number of hydrogen-bond acceptors (Lipinski definition) is 5. The van der Waals surface area contributed by atoms with Gasteiger partial charge in [0, 0.05) is 0 Å². The molecule has 0 fully saturated rings. The summed E-state index contributed by atoms with van der Waals surface area (Å²) in [6.45, 7) is 0.941. The van der Waals surface area contributed by atoms with Crippen LogP contribution in [0, 0.1) is 0 Å². The van der Waals surface area contributed by atoms with Gasteiger partial charge in [-0.1, -0.05) is 103 Å². The van der Waals surface area contributed by atoms with Gasteiger partial charge in [-0.2, -0.15) is 0 Å². The Morgan fingerprint density at radius 3 is 1.32 bits per heavy atom. The van der Waals surface area contributed by atoms with Gasteiger partial charge in [0.15, 0.2) is 0 Å². The van der Waals surface area contributed by atoms with E-state index < -0.39 is 0 Å². The number of fused-ring (bicyclic) bond motifs is 6. The van der Waals surface area contributed by atoms with Crippen LogP contribution < -0.4 is 0 Å². The Labute approximate surface area is 254 Å². The molecule has 0 amide bonds. The maximum atomic E-state index is 6.17. The lowest BCUT2D eigenvalue weighted by Crippen LogP contribution is -2.10. The third-order valence-electron chi connectivity index (χ3n) is 8.81. The highest BCUT2D eigenvalue weighted by Crippen LogP contribution is 2.37. The highest BCUT2D eigenvalue weighted by atomic mass is 16.5. The number of aromatic nitrogens is 1. The lowest BCUT2D eigenvalue weighted by molar-refractivity contribution is 0.318. The van der Waals surface area contributed by atoms with Crippen LogP contribution in [-0.2, 0) is 9.47 Å². The number of hydrogen-bond donors (Lipinski definition) is 0. The average Bonchev–Trinajstić information content (AvgIpc) is 3.79. The number of aliphatic imine (C=N–C) groups is 2. The summed E-state index contributed by atoms with van der Waals surface area (Å²) in [5.74, 6) is 1.09. The van der Waals surface area contributed by atoms with Gasteiger partial charge < -0.3 is 9.47 Å². The van der Waals surface area contributed by atoms with Crippen molar-refractivity contribution in [1.82, 2.24) is 4.98 Å². The Kier molecular flexibility index (Phi) is 5.69. The normalized spacial score (nSPS) is 18.0. The zero-order valence-electron chi connectivity index (χ0n) is 23.9. The van der Waals surface area contributed by atoms with Crippen molar-refractivity contribution in [2.45, 2.75) is 12.1 Å². The molecule has 0 N–H and O–H groups in total. The molecule has 0 aliphatic carbocycles. The fourth-order valence-corrected chi connectivity index (χ4v) is 6.74. The summed E-state index contributed by atoms with van der Waals surface area (Å²) >= 11 is 0. The van der Waals surface area contributed by atoms with Crippen molar-refractivity contribution in [1.29, 1.82) is 0 Å². The van der Waals surface area contributed by atoms with E-state index in [1.165, 1.54) is 54.2 Å². The molecule has 9 rings (SSSR count). The number of rotatable bonds is 4. The number of benzene rings is 6. The van der Waals surface area contributed by atoms with E-state index in [2.05, 4.69) is 109 Å². The first kappa shape index (κ1) is 25.0. The maximum absolute atomic E-state index is 6.17. The van der Waals surface area contributed by atoms with Crippen LogP contribution in [0.3, 0.4) is 0 Å². The van der Waals surface area contributed by atoms with Crippen LogP contribution in [0.2, 0.25) is 0 Å². The first-order valence-electron chi connectivity index (χ1n) is 15.0. The molecule has 6 aromatic carbocycles. The predicted octanol–water partition coefficient (Wildman–Crippen LogP) is 8.73. The minimum atomic E-state index is -0.115. The topological polar surface area (TPSA) is 56.1 Å². The molecule has 0 bridgehead atoms. The van der Waals surface area contributed by atoms with Crippen molar-refractivity contribution in [3.05, 3.63) is 150 Å². The third-order valence-corrected chi connectivity index (χ3v) is 8.81. The quantitative estimate of drug-likeness (QED) is 0.199. The lowest BCUT2D eigenvalue weighted by atomic mass is 9.94. The summed E-state index contributed by atoms with van der Waals surface area (Å²) in [5, 5.41) is 9.77. The molecule has 2 aliphatic rings. The van der Waals surface area contributed by atoms with E-state index in [0.29, 0.717) is 36.4 Å². The lowest BCUT2D eigenvalue weighted by Gasteiger charge is -2.13. The van der Waals surface area contributed by atoms with Crippen LogP contribution in [-0.4, -0.2) is 30.0 Å². The minimum Gasteiger partial charge on any atom is -0.474 e. The Morgan fingerprint density at radius 2 is 0.841 bits per heavy atom. The second kappa shape index (κ2) is 10.0. The van der Waals surface area contributed by atoms with Crippen LogP contribution in [0.1, 0.15) is 34.6 Å². The Morgan fingerprint density at radius 1 is 0.432 bits per heavy atom. The van der Waals surface area contributed by atoms with Crippen molar-refractivity contribution < 1.29 is 9.47 Å². The van der Waals surface area contributed by atoms with Crippen LogP contribution in [0.5, 0.6) is 0 Å². The zero-order valence-corrected chi connectivity index (χ0v) is 23.9. The molecule has 0 spiro atoms. The fraction of sp³-hybridized carbons (Fsp3) is 0.103. The number of ether oxygens (including phenoxy) is 2. The van der Waals surface area contributed by atoms with Crippen molar-refractivity contribution in [2.24, 2.45) is 9.98 Å². The van der Waals surface area contributed by atoms with E-state index in [-0.39, 0.29) is 12.1 Å². The standard InChI is InChI=1S/C39H27N3O2/c1-3-12-26-24(10-1)20-32(30-16-7-5-14-28(26)30)36-22-43-38(41-36)34-18-9-19-35(40-34)39-42-37(23-44-39)33-21-25-11-2-4-13-27(25)29-15-6-8-17-31(29)33/h1-21,36-37H,22-23H2/t36-,37-/m0/s1. The van der Waals surface area contributed by atoms with E-state index in [1.54, 1.807) is 0 Å². The molecule has 0 saturated heterocycles. The van der Waals surface area contributed by atoms with Crippen LogP contribution in [0.25, 0.3) is 43.1 Å². The van der Waals surface area contributed by atoms with E-state index >= 15 is 0 Å². The summed E-state index contributed by atoms with van der Waals surface area (Å²) in [6.07, 6.45) is 0. The smallest absolute Gasteiger partial charge is 0.236 e. The van der Waals surface area contributed by atoms with Gasteiger partial charge in [-0.05, 0) is 78.5 Å². The minimum absolute atomic E-state index is 0.115. The first-order chi connectivity index (χ1) is 21.8. The van der Waals surface area contributed by atoms with Crippen molar-refractivity contribution >= 4 is 54.9 Å². The molecular formula is C39H27N3O2. The molecular weight excluding hydrogens is 542 g/mol. The maximum Gasteiger partial charge on any atom is 0.236 e. The number of nitrogens with zero attached hydrogens (tertiary/aromatic N) is 3. The molecule has 1 aromatic heterocycles. The molecule has 0 saturated carbocycles. The van der Waals surface area contributed by atoms with Crippen LogP contribution in [0.15, 0.2) is 137 Å². The molecule has 3 heterocycles. The Hall–Kier alpha value is -5.55. The van der Waals surface area contributed by atoms with Gasteiger partial charge in [0.25, 0.3) is 0 Å². The Bertz CT molecular complexity index is 2160. The summed E-state index contributed by atoms with van der Waals surface area (Å²) in [7, 11) is 0. The molecule has 0 unspecified atom stereocenters. The van der Waals surface area contributed by atoms with Crippen LogP contribution >= 0.6 is 0 Å². The first-order valence-corrected chi connectivity index (χ1v) is 15.0. The van der Waals surface area contributed by atoms with Crippen molar-refractivity contribution in [2.75, 3.05) is 13.2 Å². The summed E-state index contributed by atoms with van der Waals surface area (Å²) in [6, 6.07) is 44.2. The molecule has 7 aromatic rings. The van der Waals surface area contributed by atoms with Gasteiger partial charge in [0.2, 0.25) is 11.8 Å². The van der Waals surface area contributed by atoms with Crippen molar-refractivity contribution in [3.8, 4) is 0 Å². The fourth-order valence-electron chi connectivity index (χ4n) is 6.74. The summed E-state index contributed by atoms with van der Waals surface area (Å²) in [4.78, 5) is 15.0. The van der Waals surface area contributed by atoms with Gasteiger partial charge >= 0.3 is 0 Å². The second-order valence-electron chi connectivity index (χ2n) is 11.4. The molecule has 44 heavy (non-hydrogen) atoms. The van der Waals surface area contributed by atoms with E-state index in [1.807, 2.05) is 18.2 Å².